The summed E-state index contributed by atoms with van der Waals surface area (Å²) in [5.41, 5.74) is -1.11. The highest BCUT2D eigenvalue weighted by atomic mass is 35.5. The van der Waals surface area contributed by atoms with Crippen LogP contribution in [0.1, 0.15) is 5.56 Å². The standard InChI is InChI=1S/C7H2ClF3N2O/c8-5-1-4(7(9,10)11)3-2-12-14-6(3)13-5/h1-2H. The largest absolute Gasteiger partial charge is 0.417 e. The quantitative estimate of drug-likeness (QED) is 0.644. The van der Waals surface area contributed by atoms with E-state index in [4.69, 9.17) is 11.6 Å². The summed E-state index contributed by atoms with van der Waals surface area (Å²) in [5, 5.41) is 2.75. The monoisotopic (exact) mass is 222 g/mol. The minimum Gasteiger partial charge on any atom is -0.336 e. The summed E-state index contributed by atoms with van der Waals surface area (Å²) in [5.74, 6) is 0. The van der Waals surface area contributed by atoms with E-state index in [1.54, 1.807) is 0 Å². The van der Waals surface area contributed by atoms with Gasteiger partial charge in [-0.15, -0.1) is 0 Å². The van der Waals surface area contributed by atoms with Gasteiger partial charge in [-0.2, -0.15) is 18.2 Å². The van der Waals surface area contributed by atoms with Gasteiger partial charge in [-0.05, 0) is 6.07 Å². The molecule has 7 heteroatoms. The average molecular weight is 223 g/mol. The molecule has 2 heterocycles. The summed E-state index contributed by atoms with van der Waals surface area (Å²) >= 11 is 5.39. The number of hydrogen-bond donors (Lipinski definition) is 0. The number of aromatic nitrogens is 2. The van der Waals surface area contributed by atoms with Crippen molar-refractivity contribution in [3.8, 4) is 0 Å². The molecule has 0 radical (unpaired) electrons. The molecule has 0 unspecified atom stereocenters. The lowest BCUT2D eigenvalue weighted by Crippen LogP contribution is -2.05. The van der Waals surface area contributed by atoms with Crippen LogP contribution in [0.2, 0.25) is 5.15 Å². The number of nitrogens with zero attached hydrogens (tertiary/aromatic N) is 2. The smallest absolute Gasteiger partial charge is 0.336 e. The normalized spacial score (nSPS) is 12.3. The second-order valence-corrected chi connectivity index (χ2v) is 2.92. The molecule has 0 atom stereocenters. The minimum atomic E-state index is -4.49. The Balaban J connectivity index is 2.80. The number of pyridine rings is 1. The molecular formula is C7H2ClF3N2O. The summed E-state index contributed by atoms with van der Waals surface area (Å²) in [6.07, 6.45) is -3.53. The molecule has 0 fully saturated rings. The maximum atomic E-state index is 12.4. The molecular weight excluding hydrogens is 221 g/mol. The van der Waals surface area contributed by atoms with Crippen molar-refractivity contribution in [1.82, 2.24) is 10.1 Å². The summed E-state index contributed by atoms with van der Waals surface area (Å²) < 4.78 is 41.7. The number of fused-ring (bicyclic) bond motifs is 1. The number of rotatable bonds is 0. The SMILES string of the molecule is FC(F)(F)c1cc(Cl)nc2oncc12. The Kier molecular flexibility index (Phi) is 1.88. The van der Waals surface area contributed by atoms with Crippen LogP contribution in [0, 0.1) is 0 Å². The van der Waals surface area contributed by atoms with Gasteiger partial charge in [0.05, 0.1) is 17.1 Å². The van der Waals surface area contributed by atoms with Crippen molar-refractivity contribution < 1.29 is 17.7 Å². The predicted molar refractivity (Wildman–Crippen MR) is 41.8 cm³/mol. The molecule has 0 amide bonds. The van der Waals surface area contributed by atoms with E-state index in [-0.39, 0.29) is 16.3 Å². The lowest BCUT2D eigenvalue weighted by atomic mass is 10.2. The van der Waals surface area contributed by atoms with Crippen LogP contribution in [0.25, 0.3) is 11.1 Å². The van der Waals surface area contributed by atoms with Gasteiger partial charge in [-0.3, -0.25) is 0 Å². The first-order chi connectivity index (χ1) is 6.48. The van der Waals surface area contributed by atoms with E-state index in [0.717, 1.165) is 12.3 Å². The zero-order chi connectivity index (χ0) is 10.3. The van der Waals surface area contributed by atoms with Crippen molar-refractivity contribution in [3.63, 3.8) is 0 Å². The first kappa shape index (κ1) is 9.26. The van der Waals surface area contributed by atoms with Gasteiger partial charge in [0.15, 0.2) is 0 Å². The highest BCUT2D eigenvalue weighted by Gasteiger charge is 2.34. The molecule has 0 aliphatic carbocycles. The van der Waals surface area contributed by atoms with Gasteiger partial charge in [-0.1, -0.05) is 16.8 Å². The third kappa shape index (κ3) is 1.41. The van der Waals surface area contributed by atoms with Crippen molar-refractivity contribution in [2.75, 3.05) is 0 Å². The van der Waals surface area contributed by atoms with E-state index >= 15 is 0 Å². The van der Waals surface area contributed by atoms with Crippen LogP contribution in [0.15, 0.2) is 16.8 Å². The summed E-state index contributed by atoms with van der Waals surface area (Å²) in [6, 6.07) is 0.737. The summed E-state index contributed by atoms with van der Waals surface area (Å²) in [7, 11) is 0. The fourth-order valence-corrected chi connectivity index (χ4v) is 1.25. The van der Waals surface area contributed by atoms with Gasteiger partial charge >= 0.3 is 6.18 Å². The highest BCUT2D eigenvalue weighted by Crippen LogP contribution is 2.35. The van der Waals surface area contributed by atoms with Crippen LogP contribution in [0.3, 0.4) is 0 Å². The molecule has 0 aliphatic rings. The Morgan fingerprint density at radius 1 is 1.36 bits per heavy atom. The van der Waals surface area contributed by atoms with Gasteiger partial charge in [0.25, 0.3) is 5.71 Å². The number of hydrogen-bond acceptors (Lipinski definition) is 3. The van der Waals surface area contributed by atoms with E-state index in [0.29, 0.717) is 0 Å². The lowest BCUT2D eigenvalue weighted by molar-refractivity contribution is -0.136. The van der Waals surface area contributed by atoms with Crippen LogP contribution in [-0.2, 0) is 6.18 Å². The first-order valence-electron chi connectivity index (χ1n) is 3.46. The summed E-state index contributed by atoms with van der Waals surface area (Å²) in [6.45, 7) is 0. The van der Waals surface area contributed by atoms with Gasteiger partial charge in [0.1, 0.15) is 5.15 Å². The average Bonchev–Trinajstić information content (AvgIpc) is 2.47. The molecule has 0 aromatic carbocycles. The fourth-order valence-electron chi connectivity index (χ4n) is 1.06. The molecule has 3 nitrogen and oxygen atoms in total. The minimum absolute atomic E-state index is 0.193. The lowest BCUT2D eigenvalue weighted by Gasteiger charge is -2.06. The first-order valence-corrected chi connectivity index (χ1v) is 3.84. The van der Waals surface area contributed by atoms with Crippen LogP contribution in [-0.4, -0.2) is 10.1 Å². The molecule has 0 N–H and O–H groups in total. The maximum absolute atomic E-state index is 12.4. The Hall–Kier alpha value is -1.30. The molecule has 0 spiro atoms. The summed E-state index contributed by atoms with van der Waals surface area (Å²) in [4.78, 5) is 3.55. The van der Waals surface area contributed by atoms with Gasteiger partial charge in [0.2, 0.25) is 0 Å². The molecule has 0 saturated carbocycles. The number of halogens is 4. The molecule has 2 rings (SSSR count). The van der Waals surface area contributed by atoms with Crippen molar-refractivity contribution in [3.05, 3.63) is 23.0 Å². The van der Waals surface area contributed by atoms with Crippen molar-refractivity contribution in [2.45, 2.75) is 6.18 Å². The molecule has 2 aromatic heterocycles. The van der Waals surface area contributed by atoms with Crippen molar-refractivity contribution in [1.29, 1.82) is 0 Å². The van der Waals surface area contributed by atoms with Crippen molar-refractivity contribution in [2.24, 2.45) is 0 Å². The third-order valence-electron chi connectivity index (χ3n) is 1.62. The molecule has 0 saturated heterocycles. The van der Waals surface area contributed by atoms with Gasteiger partial charge < -0.3 is 4.52 Å². The zero-order valence-corrected chi connectivity index (χ0v) is 7.23. The molecule has 2 aromatic rings. The predicted octanol–water partition coefficient (Wildman–Crippen LogP) is 2.90. The zero-order valence-electron chi connectivity index (χ0n) is 6.47. The Labute approximate surface area is 80.5 Å². The molecule has 14 heavy (non-hydrogen) atoms. The topological polar surface area (TPSA) is 38.9 Å². The van der Waals surface area contributed by atoms with Crippen LogP contribution >= 0.6 is 11.6 Å². The van der Waals surface area contributed by atoms with Gasteiger partial charge in [-0.25, -0.2) is 0 Å². The van der Waals surface area contributed by atoms with E-state index < -0.39 is 11.7 Å². The van der Waals surface area contributed by atoms with E-state index in [9.17, 15) is 13.2 Å². The van der Waals surface area contributed by atoms with Crippen LogP contribution < -0.4 is 0 Å². The Morgan fingerprint density at radius 3 is 2.71 bits per heavy atom. The van der Waals surface area contributed by atoms with E-state index in [2.05, 4.69) is 14.7 Å². The molecule has 0 bridgehead atoms. The molecule has 74 valence electrons. The second kappa shape index (κ2) is 2.84. The van der Waals surface area contributed by atoms with E-state index in [1.165, 1.54) is 0 Å². The second-order valence-electron chi connectivity index (χ2n) is 2.53. The van der Waals surface area contributed by atoms with E-state index in [1.807, 2.05) is 0 Å². The number of alkyl halides is 3. The van der Waals surface area contributed by atoms with Gasteiger partial charge in [0, 0.05) is 0 Å². The Bertz CT molecular complexity index is 479. The van der Waals surface area contributed by atoms with Crippen LogP contribution in [0.4, 0.5) is 13.2 Å². The fraction of sp³-hybridized carbons (Fsp3) is 0.143. The van der Waals surface area contributed by atoms with Crippen LogP contribution in [0.5, 0.6) is 0 Å². The van der Waals surface area contributed by atoms with Crippen molar-refractivity contribution >= 4 is 22.7 Å². The maximum Gasteiger partial charge on any atom is 0.417 e. The molecule has 0 aliphatic heterocycles. The highest BCUT2D eigenvalue weighted by molar-refractivity contribution is 6.29. The third-order valence-corrected chi connectivity index (χ3v) is 1.81. The Morgan fingerprint density at radius 2 is 2.07 bits per heavy atom.